The lowest BCUT2D eigenvalue weighted by molar-refractivity contribution is -0.137. The van der Waals surface area contributed by atoms with Crippen LogP contribution in [-0.2, 0) is 14.3 Å². The van der Waals surface area contributed by atoms with Gasteiger partial charge in [-0.1, -0.05) is 18.2 Å². The molecule has 1 aromatic carbocycles. The highest BCUT2D eigenvalue weighted by molar-refractivity contribution is 6.11. The number of ether oxygens (including phenoxy) is 1. The Morgan fingerprint density at radius 3 is 2.80 bits per heavy atom. The fourth-order valence-corrected chi connectivity index (χ4v) is 1.62. The number of aliphatic imine (C=N–C) groups is 1. The Kier molecular flexibility index (Phi) is 4.49. The first kappa shape index (κ1) is 13.8. The van der Waals surface area contributed by atoms with Crippen LogP contribution in [-0.4, -0.2) is 29.5 Å². The van der Waals surface area contributed by atoms with E-state index in [2.05, 4.69) is 10.3 Å². The van der Waals surface area contributed by atoms with Gasteiger partial charge in [0.25, 0.3) is 0 Å². The summed E-state index contributed by atoms with van der Waals surface area (Å²) >= 11 is 0. The van der Waals surface area contributed by atoms with E-state index in [1.807, 2.05) is 18.2 Å². The van der Waals surface area contributed by atoms with Crippen LogP contribution in [0, 0.1) is 0 Å². The third-order valence-corrected chi connectivity index (χ3v) is 2.59. The van der Waals surface area contributed by atoms with Crippen LogP contribution in [0.4, 0.5) is 0 Å². The Labute approximate surface area is 115 Å². The monoisotopic (exact) mass is 274 g/mol. The van der Waals surface area contributed by atoms with E-state index in [4.69, 9.17) is 9.84 Å². The molecule has 104 valence electrons. The second-order valence-electron chi connectivity index (χ2n) is 4.15. The van der Waals surface area contributed by atoms with Gasteiger partial charge in [-0.15, -0.1) is 0 Å². The van der Waals surface area contributed by atoms with E-state index >= 15 is 0 Å². The molecule has 0 saturated heterocycles. The molecule has 0 spiro atoms. The summed E-state index contributed by atoms with van der Waals surface area (Å²) in [6.07, 6.45) is 2.00. The molecule has 0 saturated carbocycles. The van der Waals surface area contributed by atoms with Crippen molar-refractivity contribution in [2.75, 3.05) is 6.54 Å². The minimum atomic E-state index is -0.843. The predicted molar refractivity (Wildman–Crippen MR) is 72.0 cm³/mol. The number of carboxylic acids is 1. The number of carbonyl (C=O) groups excluding carboxylic acids is 1. The summed E-state index contributed by atoms with van der Waals surface area (Å²) in [6.45, 7) is 0.458. The van der Waals surface area contributed by atoms with Crippen LogP contribution in [0.15, 0.2) is 47.2 Å². The molecule has 2 rings (SSSR count). The first-order valence-corrected chi connectivity index (χ1v) is 6.18. The first-order chi connectivity index (χ1) is 9.66. The zero-order chi connectivity index (χ0) is 14.4. The van der Waals surface area contributed by atoms with Crippen LogP contribution < -0.4 is 5.32 Å². The maximum absolute atomic E-state index is 11.6. The third-order valence-electron chi connectivity index (χ3n) is 2.59. The molecule has 2 N–H and O–H groups in total. The molecule has 0 aliphatic carbocycles. The van der Waals surface area contributed by atoms with Crippen LogP contribution >= 0.6 is 0 Å². The van der Waals surface area contributed by atoms with Gasteiger partial charge in [0.05, 0.1) is 0 Å². The molecular weight excluding hydrogens is 260 g/mol. The number of nitrogens with one attached hydrogen (secondary N) is 1. The number of rotatable bonds is 6. The molecule has 6 heteroatoms. The Balaban J connectivity index is 1.93. The van der Waals surface area contributed by atoms with Crippen LogP contribution in [0.1, 0.15) is 18.4 Å². The number of cyclic esters (lactones) is 1. The van der Waals surface area contributed by atoms with Gasteiger partial charge in [0.15, 0.2) is 5.70 Å². The maximum atomic E-state index is 11.6. The van der Waals surface area contributed by atoms with Gasteiger partial charge in [-0.3, -0.25) is 4.79 Å². The van der Waals surface area contributed by atoms with E-state index in [1.165, 1.54) is 6.20 Å². The number of aliphatic carboxylic acids is 1. The van der Waals surface area contributed by atoms with Gasteiger partial charge >= 0.3 is 11.9 Å². The lowest BCUT2D eigenvalue weighted by Crippen LogP contribution is -2.11. The van der Waals surface area contributed by atoms with E-state index in [1.54, 1.807) is 12.1 Å². The molecule has 0 fully saturated rings. The Morgan fingerprint density at radius 1 is 1.35 bits per heavy atom. The zero-order valence-corrected chi connectivity index (χ0v) is 10.7. The lowest BCUT2D eigenvalue weighted by atomic mass is 10.2. The fraction of sp³-hybridized carbons (Fsp3) is 0.214. The Hall–Kier alpha value is -2.63. The van der Waals surface area contributed by atoms with Crippen LogP contribution in [0.3, 0.4) is 0 Å². The second kappa shape index (κ2) is 6.51. The topological polar surface area (TPSA) is 88.0 Å². The van der Waals surface area contributed by atoms with Crippen molar-refractivity contribution in [3.63, 3.8) is 0 Å². The van der Waals surface area contributed by atoms with Gasteiger partial charge in [-0.05, 0) is 18.6 Å². The highest BCUT2D eigenvalue weighted by Gasteiger charge is 2.23. The molecule has 1 heterocycles. The number of benzene rings is 1. The van der Waals surface area contributed by atoms with Gasteiger partial charge < -0.3 is 15.2 Å². The van der Waals surface area contributed by atoms with Crippen LogP contribution in [0.25, 0.3) is 0 Å². The predicted octanol–water partition coefficient (Wildman–Crippen LogP) is 1.29. The SMILES string of the molecule is O=C(O)CCCNC=C1N=C(c2ccccc2)OC1=O. The molecule has 0 aromatic heterocycles. The number of carboxylic acid groups (broad SMARTS) is 1. The molecule has 1 aromatic rings. The molecule has 1 aliphatic rings. The Morgan fingerprint density at radius 2 is 2.10 bits per heavy atom. The average Bonchev–Trinajstić information content (AvgIpc) is 2.81. The minimum Gasteiger partial charge on any atom is -0.481 e. The molecule has 0 radical (unpaired) electrons. The zero-order valence-electron chi connectivity index (χ0n) is 10.7. The highest BCUT2D eigenvalue weighted by atomic mass is 16.6. The van der Waals surface area contributed by atoms with Gasteiger partial charge in [-0.2, -0.15) is 0 Å². The molecule has 6 nitrogen and oxygen atoms in total. The van der Waals surface area contributed by atoms with Gasteiger partial charge in [0, 0.05) is 24.7 Å². The molecule has 0 bridgehead atoms. The fourth-order valence-electron chi connectivity index (χ4n) is 1.62. The number of hydrogen-bond acceptors (Lipinski definition) is 5. The summed E-state index contributed by atoms with van der Waals surface area (Å²) in [7, 11) is 0. The van der Waals surface area contributed by atoms with Crippen molar-refractivity contribution in [1.29, 1.82) is 0 Å². The molecule has 20 heavy (non-hydrogen) atoms. The van der Waals surface area contributed by atoms with Crippen molar-refractivity contribution in [2.24, 2.45) is 4.99 Å². The summed E-state index contributed by atoms with van der Waals surface area (Å²) in [6, 6.07) is 9.13. The van der Waals surface area contributed by atoms with E-state index in [9.17, 15) is 9.59 Å². The molecular formula is C14H14N2O4. The van der Waals surface area contributed by atoms with E-state index in [-0.39, 0.29) is 18.0 Å². The molecule has 1 aliphatic heterocycles. The minimum absolute atomic E-state index is 0.0825. The maximum Gasteiger partial charge on any atom is 0.365 e. The summed E-state index contributed by atoms with van der Waals surface area (Å²) in [5.74, 6) is -1.09. The van der Waals surface area contributed by atoms with Gasteiger partial charge in [0.1, 0.15) is 0 Å². The first-order valence-electron chi connectivity index (χ1n) is 6.18. The van der Waals surface area contributed by atoms with Gasteiger partial charge in [-0.25, -0.2) is 9.79 Å². The third kappa shape index (κ3) is 3.68. The second-order valence-corrected chi connectivity index (χ2v) is 4.15. The number of carbonyl (C=O) groups is 2. The average molecular weight is 274 g/mol. The molecule has 0 unspecified atom stereocenters. The highest BCUT2D eigenvalue weighted by Crippen LogP contribution is 2.15. The molecule has 0 amide bonds. The summed E-state index contributed by atoms with van der Waals surface area (Å²) in [5, 5.41) is 11.3. The van der Waals surface area contributed by atoms with Crippen molar-refractivity contribution in [1.82, 2.24) is 5.32 Å². The van der Waals surface area contributed by atoms with Gasteiger partial charge in [0.2, 0.25) is 5.90 Å². The quantitative estimate of drug-likeness (QED) is 0.463. The Bertz CT molecular complexity index is 564. The summed E-state index contributed by atoms with van der Waals surface area (Å²) < 4.78 is 5.06. The number of nitrogens with zero attached hydrogens (tertiary/aromatic N) is 1. The number of esters is 1. The molecule has 0 atom stereocenters. The smallest absolute Gasteiger partial charge is 0.365 e. The summed E-state index contributed by atoms with van der Waals surface area (Å²) in [4.78, 5) is 26.0. The van der Waals surface area contributed by atoms with E-state index in [0.717, 1.165) is 5.56 Å². The normalized spacial score (nSPS) is 15.9. The standard InChI is InChI=1S/C14H14N2O4/c17-12(18)7-4-8-15-9-11-14(19)20-13(16-11)10-5-2-1-3-6-10/h1-3,5-6,9,15H,4,7-8H2,(H,17,18). The van der Waals surface area contributed by atoms with Crippen molar-refractivity contribution in [3.05, 3.63) is 47.8 Å². The lowest BCUT2D eigenvalue weighted by Gasteiger charge is -1.98. The van der Waals surface area contributed by atoms with Crippen molar-refractivity contribution < 1.29 is 19.4 Å². The van der Waals surface area contributed by atoms with Crippen molar-refractivity contribution >= 4 is 17.8 Å². The largest absolute Gasteiger partial charge is 0.481 e. The van der Waals surface area contributed by atoms with E-state index in [0.29, 0.717) is 13.0 Å². The van der Waals surface area contributed by atoms with E-state index < -0.39 is 11.9 Å². The van der Waals surface area contributed by atoms with Crippen LogP contribution in [0.5, 0.6) is 0 Å². The summed E-state index contributed by atoms with van der Waals surface area (Å²) in [5.41, 5.74) is 0.911. The van der Waals surface area contributed by atoms with Crippen LogP contribution in [0.2, 0.25) is 0 Å². The number of hydrogen-bond donors (Lipinski definition) is 2. The van der Waals surface area contributed by atoms with Crippen molar-refractivity contribution in [2.45, 2.75) is 12.8 Å². The van der Waals surface area contributed by atoms with Crippen molar-refractivity contribution in [3.8, 4) is 0 Å².